The molecule has 0 bridgehead atoms. The second-order valence-electron chi connectivity index (χ2n) is 5.85. The van der Waals surface area contributed by atoms with Crippen molar-refractivity contribution in [3.63, 3.8) is 0 Å². The molecule has 0 heterocycles. The zero-order chi connectivity index (χ0) is 15.6. The van der Waals surface area contributed by atoms with Gasteiger partial charge in [0.1, 0.15) is 0 Å². The summed E-state index contributed by atoms with van der Waals surface area (Å²) in [4.78, 5) is 0. The summed E-state index contributed by atoms with van der Waals surface area (Å²) >= 11 is 5.98. The Labute approximate surface area is 133 Å². The molecule has 1 nitrogen and oxygen atoms in total. The summed E-state index contributed by atoms with van der Waals surface area (Å²) < 4.78 is 0. The van der Waals surface area contributed by atoms with Crippen LogP contribution in [0.25, 0.3) is 0 Å². The van der Waals surface area contributed by atoms with Gasteiger partial charge in [0.25, 0.3) is 0 Å². The monoisotopic (exact) mass is 301 g/mol. The van der Waals surface area contributed by atoms with Gasteiger partial charge in [-0.15, -0.1) is 0 Å². The summed E-state index contributed by atoms with van der Waals surface area (Å²) in [7, 11) is 2.04. The van der Waals surface area contributed by atoms with Crippen LogP contribution in [0.4, 0.5) is 0 Å². The number of hydrogen-bond donors (Lipinski definition) is 1. The molecule has 0 aliphatic carbocycles. The standard InChI is InChI=1S/C19H24ClN/c1-12-10-13(2)15(4)19(14(12)3)18(21-5)11-16-6-8-17(20)9-7-16/h6-10,18,21H,11H2,1-5H3. The molecule has 0 saturated carbocycles. The highest BCUT2D eigenvalue weighted by molar-refractivity contribution is 6.30. The molecule has 2 heteroatoms. The van der Waals surface area contributed by atoms with E-state index in [2.05, 4.69) is 51.2 Å². The first-order valence-corrected chi connectivity index (χ1v) is 7.80. The van der Waals surface area contributed by atoms with Crippen molar-refractivity contribution in [3.05, 3.63) is 68.7 Å². The molecule has 0 saturated heterocycles. The van der Waals surface area contributed by atoms with Crippen LogP contribution in [0.15, 0.2) is 30.3 Å². The van der Waals surface area contributed by atoms with Gasteiger partial charge in [0, 0.05) is 11.1 Å². The molecular formula is C19H24ClN. The summed E-state index contributed by atoms with van der Waals surface area (Å²) in [5.41, 5.74) is 8.26. The molecular weight excluding hydrogens is 278 g/mol. The van der Waals surface area contributed by atoms with E-state index in [1.165, 1.54) is 33.4 Å². The zero-order valence-electron chi connectivity index (χ0n) is 13.5. The van der Waals surface area contributed by atoms with Crippen molar-refractivity contribution < 1.29 is 0 Å². The van der Waals surface area contributed by atoms with Crippen molar-refractivity contribution >= 4 is 11.6 Å². The van der Waals surface area contributed by atoms with E-state index in [-0.39, 0.29) is 0 Å². The van der Waals surface area contributed by atoms with E-state index < -0.39 is 0 Å². The Kier molecular flexibility index (Phi) is 5.08. The van der Waals surface area contributed by atoms with Crippen LogP contribution >= 0.6 is 11.6 Å². The summed E-state index contributed by atoms with van der Waals surface area (Å²) in [5.74, 6) is 0. The maximum absolute atomic E-state index is 5.98. The van der Waals surface area contributed by atoms with E-state index >= 15 is 0 Å². The molecule has 21 heavy (non-hydrogen) atoms. The Bertz CT molecular complexity index is 603. The maximum Gasteiger partial charge on any atom is 0.0406 e. The molecule has 0 amide bonds. The SMILES string of the molecule is CNC(Cc1ccc(Cl)cc1)c1c(C)c(C)cc(C)c1C. The summed E-state index contributed by atoms with van der Waals surface area (Å²) in [6.07, 6.45) is 0.970. The second-order valence-corrected chi connectivity index (χ2v) is 6.28. The molecule has 0 aliphatic rings. The van der Waals surface area contributed by atoms with Gasteiger partial charge >= 0.3 is 0 Å². The molecule has 0 fully saturated rings. The smallest absolute Gasteiger partial charge is 0.0406 e. The molecule has 0 spiro atoms. The van der Waals surface area contributed by atoms with Crippen LogP contribution < -0.4 is 5.32 Å². The fraction of sp³-hybridized carbons (Fsp3) is 0.368. The number of likely N-dealkylation sites (N-methyl/N-ethyl adjacent to an activating group) is 1. The van der Waals surface area contributed by atoms with Gasteiger partial charge in [-0.05, 0) is 86.7 Å². The lowest BCUT2D eigenvalue weighted by molar-refractivity contribution is 0.584. The van der Waals surface area contributed by atoms with Crippen LogP contribution in [-0.2, 0) is 6.42 Å². The predicted molar refractivity (Wildman–Crippen MR) is 92.3 cm³/mol. The average Bonchev–Trinajstić information content (AvgIpc) is 2.46. The van der Waals surface area contributed by atoms with Crippen LogP contribution in [0.2, 0.25) is 5.02 Å². The van der Waals surface area contributed by atoms with Gasteiger partial charge in [-0.3, -0.25) is 0 Å². The lowest BCUT2D eigenvalue weighted by atomic mass is 9.87. The first kappa shape index (κ1) is 16.1. The van der Waals surface area contributed by atoms with Gasteiger partial charge in [0.15, 0.2) is 0 Å². The van der Waals surface area contributed by atoms with Crippen molar-refractivity contribution in [2.75, 3.05) is 7.05 Å². The Hall–Kier alpha value is -1.31. The van der Waals surface area contributed by atoms with Crippen molar-refractivity contribution in [2.24, 2.45) is 0 Å². The maximum atomic E-state index is 5.98. The third-order valence-electron chi connectivity index (χ3n) is 4.47. The topological polar surface area (TPSA) is 12.0 Å². The molecule has 1 N–H and O–H groups in total. The highest BCUT2D eigenvalue weighted by Gasteiger charge is 2.17. The highest BCUT2D eigenvalue weighted by atomic mass is 35.5. The summed E-state index contributed by atoms with van der Waals surface area (Å²) in [6.45, 7) is 8.84. The van der Waals surface area contributed by atoms with E-state index in [9.17, 15) is 0 Å². The van der Waals surface area contributed by atoms with Crippen molar-refractivity contribution in [2.45, 2.75) is 40.2 Å². The fourth-order valence-corrected chi connectivity index (χ4v) is 3.10. The largest absolute Gasteiger partial charge is 0.313 e. The Morgan fingerprint density at radius 1 is 0.952 bits per heavy atom. The van der Waals surface area contributed by atoms with Crippen LogP contribution in [-0.4, -0.2) is 7.05 Å². The normalized spacial score (nSPS) is 12.5. The number of halogens is 1. The first-order chi connectivity index (χ1) is 9.93. The van der Waals surface area contributed by atoms with E-state index in [0.29, 0.717) is 6.04 Å². The minimum atomic E-state index is 0.324. The molecule has 2 aromatic carbocycles. The minimum absolute atomic E-state index is 0.324. The van der Waals surface area contributed by atoms with Crippen molar-refractivity contribution in [1.82, 2.24) is 5.32 Å². The average molecular weight is 302 g/mol. The number of hydrogen-bond acceptors (Lipinski definition) is 1. The third-order valence-corrected chi connectivity index (χ3v) is 4.73. The van der Waals surface area contributed by atoms with Crippen LogP contribution in [0, 0.1) is 27.7 Å². The van der Waals surface area contributed by atoms with E-state index in [1.807, 2.05) is 19.2 Å². The van der Waals surface area contributed by atoms with Crippen molar-refractivity contribution in [3.8, 4) is 0 Å². The number of nitrogens with one attached hydrogen (secondary N) is 1. The number of rotatable bonds is 4. The minimum Gasteiger partial charge on any atom is -0.313 e. The molecule has 0 radical (unpaired) electrons. The van der Waals surface area contributed by atoms with Crippen LogP contribution in [0.1, 0.15) is 39.4 Å². The number of benzene rings is 2. The lowest BCUT2D eigenvalue weighted by Crippen LogP contribution is -2.21. The second kappa shape index (κ2) is 6.64. The van der Waals surface area contributed by atoms with E-state index in [0.717, 1.165) is 11.4 Å². The molecule has 1 atom stereocenters. The molecule has 2 aromatic rings. The van der Waals surface area contributed by atoms with E-state index in [1.54, 1.807) is 0 Å². The molecule has 0 aromatic heterocycles. The summed E-state index contributed by atoms with van der Waals surface area (Å²) in [5, 5.41) is 4.27. The highest BCUT2D eigenvalue weighted by Crippen LogP contribution is 2.29. The third kappa shape index (κ3) is 3.48. The van der Waals surface area contributed by atoms with Gasteiger partial charge in [0.2, 0.25) is 0 Å². The van der Waals surface area contributed by atoms with Gasteiger partial charge in [0.05, 0.1) is 0 Å². The fourth-order valence-electron chi connectivity index (χ4n) is 2.97. The van der Waals surface area contributed by atoms with Gasteiger partial charge in [-0.25, -0.2) is 0 Å². The first-order valence-electron chi connectivity index (χ1n) is 7.43. The molecule has 112 valence electrons. The van der Waals surface area contributed by atoms with Crippen molar-refractivity contribution in [1.29, 1.82) is 0 Å². The summed E-state index contributed by atoms with van der Waals surface area (Å²) in [6, 6.07) is 10.8. The van der Waals surface area contributed by atoms with E-state index in [4.69, 9.17) is 11.6 Å². The zero-order valence-corrected chi connectivity index (χ0v) is 14.3. The van der Waals surface area contributed by atoms with Gasteiger partial charge < -0.3 is 5.32 Å². The Balaban J connectivity index is 2.40. The number of aryl methyl sites for hydroxylation is 2. The Morgan fingerprint density at radius 3 is 1.95 bits per heavy atom. The van der Waals surface area contributed by atoms with Gasteiger partial charge in [-0.2, -0.15) is 0 Å². The predicted octanol–water partition coefficient (Wildman–Crippen LogP) is 5.08. The van der Waals surface area contributed by atoms with Crippen LogP contribution in [0.5, 0.6) is 0 Å². The molecule has 2 rings (SSSR count). The lowest BCUT2D eigenvalue weighted by Gasteiger charge is -2.24. The van der Waals surface area contributed by atoms with Gasteiger partial charge in [-0.1, -0.05) is 29.8 Å². The van der Waals surface area contributed by atoms with Crippen LogP contribution in [0.3, 0.4) is 0 Å². The Morgan fingerprint density at radius 2 is 1.48 bits per heavy atom. The molecule has 1 unspecified atom stereocenters. The molecule has 0 aliphatic heterocycles. The quantitative estimate of drug-likeness (QED) is 0.830.